The van der Waals surface area contributed by atoms with Crippen LogP contribution in [0, 0.1) is 25.6 Å². The number of benzene rings is 2. The lowest BCUT2D eigenvalue weighted by atomic mass is 10.0. The Balaban J connectivity index is 2.06. The fourth-order valence-electron chi connectivity index (χ4n) is 3.09. The Kier molecular flexibility index (Phi) is 8.42. The number of hydrogen-bond acceptors (Lipinski definition) is 3. The van der Waals surface area contributed by atoms with Crippen molar-refractivity contribution in [3.05, 3.63) is 70.5 Å². The van der Waals surface area contributed by atoms with E-state index >= 15 is 0 Å². The third-order valence-electron chi connectivity index (χ3n) is 4.44. The maximum absolute atomic E-state index is 13.2. The largest absolute Gasteiger partial charge is 0.389 e. The molecule has 0 aliphatic heterocycles. The monoisotopic (exact) mass is 373 g/mol. The fraction of sp³-hybridized carbons (Fsp3) is 0.478. The van der Waals surface area contributed by atoms with E-state index in [1.165, 1.54) is 28.8 Å². The summed E-state index contributed by atoms with van der Waals surface area (Å²) in [5, 5.41) is 10.4. The minimum atomic E-state index is -0.560. The maximum atomic E-state index is 13.2. The first-order valence-electron chi connectivity index (χ1n) is 9.62. The van der Waals surface area contributed by atoms with Crippen LogP contribution in [-0.2, 0) is 17.8 Å². The smallest absolute Gasteiger partial charge is 0.123 e. The van der Waals surface area contributed by atoms with Crippen molar-refractivity contribution in [1.82, 2.24) is 4.90 Å². The normalized spacial score (nSPS) is 12.7. The average Bonchev–Trinajstić information content (AvgIpc) is 2.59. The van der Waals surface area contributed by atoms with Gasteiger partial charge in [0, 0.05) is 26.2 Å². The van der Waals surface area contributed by atoms with E-state index in [1.54, 1.807) is 12.1 Å². The van der Waals surface area contributed by atoms with E-state index in [0.29, 0.717) is 32.2 Å². The zero-order chi connectivity index (χ0) is 19.8. The van der Waals surface area contributed by atoms with Crippen molar-refractivity contribution in [2.75, 3.05) is 19.8 Å². The first kappa shape index (κ1) is 21.5. The second-order valence-electron chi connectivity index (χ2n) is 7.81. The maximum Gasteiger partial charge on any atom is 0.123 e. The Bertz CT molecular complexity index is 700. The second-order valence-corrected chi connectivity index (χ2v) is 7.81. The second kappa shape index (κ2) is 10.5. The molecule has 0 spiro atoms. The topological polar surface area (TPSA) is 32.7 Å². The van der Waals surface area contributed by atoms with E-state index < -0.39 is 6.10 Å². The number of nitrogens with zero attached hydrogens (tertiary/aromatic N) is 1. The molecule has 0 aliphatic rings. The first-order valence-corrected chi connectivity index (χ1v) is 9.62. The van der Waals surface area contributed by atoms with Gasteiger partial charge >= 0.3 is 0 Å². The molecule has 0 radical (unpaired) electrons. The first-order chi connectivity index (χ1) is 12.8. The highest BCUT2D eigenvalue weighted by Crippen LogP contribution is 2.16. The lowest BCUT2D eigenvalue weighted by Gasteiger charge is -2.26. The molecule has 3 nitrogen and oxygen atoms in total. The van der Waals surface area contributed by atoms with Crippen LogP contribution >= 0.6 is 0 Å². The standard InChI is InChI=1S/C23H32FNO2/c1-17(2)15-27-16-23(26)14-25(12-20-6-9-22(24)10-7-20)13-21-8-5-18(3)11-19(21)4/h5-11,17,23,26H,12-16H2,1-4H3. The summed E-state index contributed by atoms with van der Waals surface area (Å²) in [4.78, 5) is 2.19. The van der Waals surface area contributed by atoms with Gasteiger partial charge in [-0.25, -0.2) is 4.39 Å². The highest BCUT2D eigenvalue weighted by Gasteiger charge is 2.15. The summed E-state index contributed by atoms with van der Waals surface area (Å²) < 4.78 is 18.8. The number of aliphatic hydroxyl groups is 1. The Labute approximate surface area is 162 Å². The summed E-state index contributed by atoms with van der Waals surface area (Å²) in [5.74, 6) is 0.213. The Morgan fingerprint density at radius 3 is 2.33 bits per heavy atom. The molecule has 27 heavy (non-hydrogen) atoms. The van der Waals surface area contributed by atoms with Crippen molar-refractivity contribution in [2.24, 2.45) is 5.92 Å². The minimum Gasteiger partial charge on any atom is -0.389 e. The fourth-order valence-corrected chi connectivity index (χ4v) is 3.09. The highest BCUT2D eigenvalue weighted by molar-refractivity contribution is 5.30. The van der Waals surface area contributed by atoms with Crippen molar-refractivity contribution in [1.29, 1.82) is 0 Å². The van der Waals surface area contributed by atoms with E-state index in [1.807, 2.05) is 0 Å². The number of hydrogen-bond donors (Lipinski definition) is 1. The summed E-state index contributed by atoms with van der Waals surface area (Å²) in [6.07, 6.45) is -0.560. The van der Waals surface area contributed by atoms with Crippen LogP contribution in [0.15, 0.2) is 42.5 Å². The molecule has 1 atom stereocenters. The van der Waals surface area contributed by atoms with Crippen molar-refractivity contribution >= 4 is 0 Å². The molecule has 0 heterocycles. The number of halogens is 1. The molecule has 148 valence electrons. The molecular formula is C23H32FNO2. The summed E-state index contributed by atoms with van der Waals surface area (Å²) in [5.41, 5.74) is 4.74. The Morgan fingerprint density at radius 1 is 1.00 bits per heavy atom. The number of ether oxygens (including phenoxy) is 1. The zero-order valence-corrected chi connectivity index (χ0v) is 16.9. The van der Waals surface area contributed by atoms with Gasteiger partial charge in [0.1, 0.15) is 5.82 Å². The summed E-state index contributed by atoms with van der Waals surface area (Å²) >= 11 is 0. The molecule has 0 saturated carbocycles. The molecule has 0 amide bonds. The van der Waals surface area contributed by atoms with E-state index in [9.17, 15) is 9.50 Å². The average molecular weight is 374 g/mol. The van der Waals surface area contributed by atoms with Crippen molar-refractivity contribution < 1.29 is 14.2 Å². The molecule has 0 saturated heterocycles. The van der Waals surface area contributed by atoms with Crippen molar-refractivity contribution in [3.8, 4) is 0 Å². The van der Waals surface area contributed by atoms with Crippen LogP contribution in [0.3, 0.4) is 0 Å². The van der Waals surface area contributed by atoms with Gasteiger partial charge in [0.25, 0.3) is 0 Å². The van der Waals surface area contributed by atoms with E-state index in [-0.39, 0.29) is 5.82 Å². The van der Waals surface area contributed by atoms with E-state index in [4.69, 9.17) is 4.74 Å². The third kappa shape index (κ3) is 7.79. The van der Waals surface area contributed by atoms with Gasteiger partial charge in [-0.2, -0.15) is 0 Å². The van der Waals surface area contributed by atoms with Gasteiger partial charge in [-0.05, 0) is 48.6 Å². The molecule has 0 fully saturated rings. The Hall–Kier alpha value is -1.75. The molecule has 0 aromatic heterocycles. The van der Waals surface area contributed by atoms with Gasteiger partial charge in [0.05, 0.1) is 12.7 Å². The van der Waals surface area contributed by atoms with Crippen LogP contribution < -0.4 is 0 Å². The van der Waals surface area contributed by atoms with Gasteiger partial charge in [0.2, 0.25) is 0 Å². The van der Waals surface area contributed by atoms with E-state index in [0.717, 1.165) is 12.1 Å². The number of aliphatic hydroxyl groups excluding tert-OH is 1. The quantitative estimate of drug-likeness (QED) is 0.667. The molecular weight excluding hydrogens is 341 g/mol. The zero-order valence-electron chi connectivity index (χ0n) is 16.9. The van der Waals surface area contributed by atoms with Gasteiger partial charge in [-0.15, -0.1) is 0 Å². The van der Waals surface area contributed by atoms with Gasteiger partial charge in [-0.3, -0.25) is 4.90 Å². The van der Waals surface area contributed by atoms with Crippen LogP contribution in [0.2, 0.25) is 0 Å². The molecule has 4 heteroatoms. The summed E-state index contributed by atoms with van der Waals surface area (Å²) in [7, 11) is 0. The van der Waals surface area contributed by atoms with Crippen molar-refractivity contribution in [2.45, 2.75) is 46.9 Å². The third-order valence-corrected chi connectivity index (χ3v) is 4.44. The minimum absolute atomic E-state index is 0.234. The summed E-state index contributed by atoms with van der Waals surface area (Å²) in [6, 6.07) is 13.0. The Morgan fingerprint density at radius 2 is 1.70 bits per heavy atom. The lowest BCUT2D eigenvalue weighted by molar-refractivity contribution is 0.00551. The van der Waals surface area contributed by atoms with Gasteiger partial charge in [-0.1, -0.05) is 49.7 Å². The molecule has 1 unspecified atom stereocenters. The molecule has 2 aromatic carbocycles. The lowest BCUT2D eigenvalue weighted by Crippen LogP contribution is -2.34. The van der Waals surface area contributed by atoms with Crippen LogP contribution in [0.4, 0.5) is 4.39 Å². The van der Waals surface area contributed by atoms with Gasteiger partial charge in [0.15, 0.2) is 0 Å². The van der Waals surface area contributed by atoms with Crippen LogP contribution in [-0.4, -0.2) is 35.9 Å². The van der Waals surface area contributed by atoms with E-state index in [2.05, 4.69) is 50.8 Å². The molecule has 1 N–H and O–H groups in total. The number of aryl methyl sites for hydroxylation is 2. The highest BCUT2D eigenvalue weighted by atomic mass is 19.1. The molecule has 0 aliphatic carbocycles. The molecule has 2 rings (SSSR count). The van der Waals surface area contributed by atoms with Crippen LogP contribution in [0.5, 0.6) is 0 Å². The predicted molar refractivity (Wildman–Crippen MR) is 108 cm³/mol. The predicted octanol–water partition coefficient (Wildman–Crippen LogP) is 4.48. The summed E-state index contributed by atoms with van der Waals surface area (Å²) in [6.45, 7) is 11.2. The molecule has 2 aromatic rings. The van der Waals surface area contributed by atoms with Crippen LogP contribution in [0.1, 0.15) is 36.1 Å². The van der Waals surface area contributed by atoms with Crippen molar-refractivity contribution in [3.63, 3.8) is 0 Å². The van der Waals surface area contributed by atoms with Crippen LogP contribution in [0.25, 0.3) is 0 Å². The van der Waals surface area contributed by atoms with Gasteiger partial charge < -0.3 is 9.84 Å². The SMILES string of the molecule is Cc1ccc(CN(Cc2ccc(F)cc2)CC(O)COCC(C)C)c(C)c1. The molecule has 0 bridgehead atoms. The number of rotatable bonds is 10.